The Hall–Kier alpha value is -2.95. The Bertz CT molecular complexity index is 956. The highest BCUT2D eigenvalue weighted by molar-refractivity contribution is 5.91. The maximum atomic E-state index is 12.5. The van der Waals surface area contributed by atoms with Gasteiger partial charge < -0.3 is 15.4 Å². The number of anilines is 1. The molecule has 2 aromatic rings. The van der Waals surface area contributed by atoms with E-state index in [9.17, 15) is 9.59 Å². The van der Waals surface area contributed by atoms with Crippen LogP contribution in [0.4, 0.5) is 5.82 Å². The number of ether oxygens (including phenoxy) is 1. The van der Waals surface area contributed by atoms with Crippen molar-refractivity contribution in [1.29, 1.82) is 0 Å². The number of hydrogen-bond donors (Lipinski definition) is 4. The van der Waals surface area contributed by atoms with Crippen molar-refractivity contribution in [2.75, 3.05) is 25.5 Å². The molecule has 2 fully saturated rings. The van der Waals surface area contributed by atoms with Crippen LogP contribution in [-0.4, -0.2) is 53.0 Å². The topological polar surface area (TPSA) is 113 Å². The number of amides is 2. The number of rotatable bonds is 6. The zero-order valence-electron chi connectivity index (χ0n) is 18.2. The number of hydrazine groups is 1. The molecule has 2 amide bonds. The van der Waals surface area contributed by atoms with Crippen molar-refractivity contribution in [3.05, 3.63) is 41.6 Å². The third-order valence-corrected chi connectivity index (χ3v) is 5.59. The first-order valence-corrected chi connectivity index (χ1v) is 10.4. The van der Waals surface area contributed by atoms with E-state index in [2.05, 4.69) is 40.3 Å². The van der Waals surface area contributed by atoms with Gasteiger partial charge in [0.2, 0.25) is 5.91 Å². The van der Waals surface area contributed by atoms with Gasteiger partial charge in [0.15, 0.2) is 12.9 Å². The van der Waals surface area contributed by atoms with Crippen LogP contribution in [0.5, 0.6) is 5.75 Å². The minimum absolute atomic E-state index is 0.0655. The van der Waals surface area contributed by atoms with E-state index < -0.39 is 6.29 Å². The number of nitrogens with zero attached hydrogens (tertiary/aromatic N) is 3. The van der Waals surface area contributed by atoms with Crippen LogP contribution in [0.15, 0.2) is 30.3 Å². The average Bonchev–Trinajstić information content (AvgIpc) is 3.29. The van der Waals surface area contributed by atoms with Gasteiger partial charge in [0.1, 0.15) is 11.6 Å². The van der Waals surface area contributed by atoms with Crippen molar-refractivity contribution in [1.82, 2.24) is 30.8 Å². The fraction of sp³-hybridized carbons (Fsp3) is 0.476. The van der Waals surface area contributed by atoms with Gasteiger partial charge in [-0.3, -0.25) is 20.3 Å². The lowest BCUT2D eigenvalue weighted by atomic mass is 10.0. The van der Waals surface area contributed by atoms with Crippen LogP contribution in [0.25, 0.3) is 0 Å². The lowest BCUT2D eigenvalue weighted by molar-refractivity contribution is -0.131. The number of aryl methyl sites for hydroxylation is 1. The molecule has 3 atom stereocenters. The van der Waals surface area contributed by atoms with Gasteiger partial charge >= 0.3 is 0 Å². The van der Waals surface area contributed by atoms with Crippen molar-refractivity contribution < 1.29 is 14.3 Å². The quantitative estimate of drug-likeness (QED) is 0.542. The summed E-state index contributed by atoms with van der Waals surface area (Å²) in [6.45, 7) is 6.52. The van der Waals surface area contributed by atoms with Gasteiger partial charge in [-0.25, -0.2) is 9.69 Å². The predicted octanol–water partition coefficient (Wildman–Crippen LogP) is 0.900. The van der Waals surface area contributed by atoms with E-state index >= 15 is 0 Å². The number of nitrogens with one attached hydrogen (secondary N) is 4. The fourth-order valence-corrected chi connectivity index (χ4v) is 3.85. The summed E-state index contributed by atoms with van der Waals surface area (Å²) in [5, 5.41) is 15.4. The molecule has 4 rings (SSSR count). The molecule has 0 saturated carbocycles. The second-order valence-corrected chi connectivity index (χ2v) is 8.28. The summed E-state index contributed by atoms with van der Waals surface area (Å²) in [4.78, 5) is 25.0. The molecule has 31 heavy (non-hydrogen) atoms. The average molecular weight is 428 g/mol. The van der Waals surface area contributed by atoms with Gasteiger partial charge in [0.05, 0.1) is 17.8 Å². The molecule has 0 spiro atoms. The van der Waals surface area contributed by atoms with Crippen molar-refractivity contribution in [3.63, 3.8) is 0 Å². The van der Waals surface area contributed by atoms with Crippen LogP contribution >= 0.6 is 0 Å². The van der Waals surface area contributed by atoms with E-state index in [0.29, 0.717) is 24.0 Å². The first kappa shape index (κ1) is 21.3. The van der Waals surface area contributed by atoms with Crippen LogP contribution in [0, 0.1) is 12.8 Å². The Balaban J connectivity index is 1.40. The number of fused-ring (bicyclic) bond motifs is 1. The summed E-state index contributed by atoms with van der Waals surface area (Å²) in [5.74, 6) is 0.980. The Labute approximate surface area is 181 Å². The largest absolute Gasteiger partial charge is 0.484 e. The lowest BCUT2D eigenvalue weighted by Crippen LogP contribution is -2.61. The number of hydrogen-bond acceptors (Lipinski definition) is 7. The highest BCUT2D eigenvalue weighted by atomic mass is 16.5. The number of carbonyl (C=O) groups is 2. The zero-order valence-corrected chi connectivity index (χ0v) is 18.2. The van der Waals surface area contributed by atoms with E-state index in [0.717, 1.165) is 5.69 Å². The molecule has 0 radical (unpaired) electrons. The first-order chi connectivity index (χ1) is 14.8. The third kappa shape index (κ3) is 4.55. The molecular weight excluding hydrogens is 398 g/mol. The van der Waals surface area contributed by atoms with E-state index in [1.165, 1.54) is 5.56 Å². The summed E-state index contributed by atoms with van der Waals surface area (Å²) in [6.07, 6.45) is -0.742. The van der Waals surface area contributed by atoms with Crippen molar-refractivity contribution >= 4 is 17.6 Å². The molecule has 2 aliphatic heterocycles. The number of carbonyl (C=O) groups excluding carboxylic acids is 2. The first-order valence-electron chi connectivity index (χ1n) is 10.4. The van der Waals surface area contributed by atoms with Crippen LogP contribution in [0.3, 0.4) is 0 Å². The molecule has 2 aliphatic rings. The van der Waals surface area contributed by atoms with Gasteiger partial charge in [-0.2, -0.15) is 5.10 Å². The molecule has 3 unspecified atom stereocenters. The third-order valence-electron chi connectivity index (χ3n) is 5.59. The number of benzene rings is 1. The Morgan fingerprint density at radius 1 is 1.32 bits per heavy atom. The monoisotopic (exact) mass is 427 g/mol. The van der Waals surface area contributed by atoms with Gasteiger partial charge in [0, 0.05) is 19.7 Å². The predicted molar refractivity (Wildman–Crippen MR) is 115 cm³/mol. The van der Waals surface area contributed by atoms with E-state index in [1.807, 2.05) is 43.2 Å². The fourth-order valence-electron chi connectivity index (χ4n) is 3.85. The Morgan fingerprint density at radius 2 is 2.06 bits per heavy atom. The lowest BCUT2D eigenvalue weighted by Gasteiger charge is -2.35. The summed E-state index contributed by atoms with van der Waals surface area (Å²) >= 11 is 0. The summed E-state index contributed by atoms with van der Waals surface area (Å²) < 4.78 is 7.19. The maximum Gasteiger partial charge on any atom is 0.263 e. The van der Waals surface area contributed by atoms with Crippen LogP contribution in [0.2, 0.25) is 0 Å². The molecular formula is C21H29N7O3. The standard InChI is InChI=1S/C21H29N7O3/c1-12(2)14-5-7-15(8-6-14)31-11-18(29)23-17-9-13(3)26-28(17)21-24-19-16(20(30)25-21)10-22-27(19)4/h5-9,12,16,19,21-22,24H,10-11H2,1-4H3,(H,23,29)(H,25,30). The highest BCUT2D eigenvalue weighted by Gasteiger charge is 2.43. The second kappa shape index (κ2) is 8.66. The van der Waals surface area contributed by atoms with Gasteiger partial charge in [0.25, 0.3) is 5.91 Å². The smallest absolute Gasteiger partial charge is 0.263 e. The molecule has 10 heteroatoms. The van der Waals surface area contributed by atoms with Gasteiger partial charge in [-0.15, -0.1) is 0 Å². The van der Waals surface area contributed by atoms with Crippen molar-refractivity contribution in [2.45, 2.75) is 39.1 Å². The molecule has 0 bridgehead atoms. The molecule has 1 aromatic carbocycles. The molecule has 0 aliphatic carbocycles. The minimum atomic E-state index is -0.579. The summed E-state index contributed by atoms with van der Waals surface area (Å²) in [7, 11) is 1.88. The molecule has 1 aromatic heterocycles. The van der Waals surface area contributed by atoms with Crippen LogP contribution in [0.1, 0.15) is 37.3 Å². The molecule has 3 heterocycles. The Morgan fingerprint density at radius 3 is 2.77 bits per heavy atom. The SMILES string of the molecule is Cc1cc(NC(=O)COc2ccc(C(C)C)cc2)n(C2NC(=O)C3CNN(C)C3N2)n1. The normalized spacial score (nSPS) is 23.5. The molecule has 4 N–H and O–H groups in total. The van der Waals surface area contributed by atoms with E-state index in [4.69, 9.17) is 4.74 Å². The molecule has 2 saturated heterocycles. The minimum Gasteiger partial charge on any atom is -0.484 e. The number of aromatic nitrogens is 2. The van der Waals surface area contributed by atoms with Crippen molar-refractivity contribution in [3.8, 4) is 5.75 Å². The van der Waals surface area contributed by atoms with Crippen LogP contribution < -0.4 is 26.1 Å². The van der Waals surface area contributed by atoms with Crippen molar-refractivity contribution in [2.24, 2.45) is 5.92 Å². The summed E-state index contributed by atoms with van der Waals surface area (Å²) in [6, 6.07) is 9.47. The maximum absolute atomic E-state index is 12.5. The summed E-state index contributed by atoms with van der Waals surface area (Å²) in [5.41, 5.74) is 5.08. The van der Waals surface area contributed by atoms with Crippen LogP contribution in [-0.2, 0) is 9.59 Å². The highest BCUT2D eigenvalue weighted by Crippen LogP contribution is 2.23. The second-order valence-electron chi connectivity index (χ2n) is 8.28. The zero-order chi connectivity index (χ0) is 22.1. The van der Waals surface area contributed by atoms with Gasteiger partial charge in [-0.05, 0) is 30.5 Å². The Kier molecular flexibility index (Phi) is 5.94. The van der Waals surface area contributed by atoms with E-state index in [1.54, 1.807) is 10.7 Å². The molecule has 166 valence electrons. The van der Waals surface area contributed by atoms with E-state index in [-0.39, 0.29) is 30.5 Å². The van der Waals surface area contributed by atoms with Gasteiger partial charge in [-0.1, -0.05) is 26.0 Å². The molecule has 10 nitrogen and oxygen atoms in total.